The molecule has 0 saturated carbocycles. The first-order valence-electron chi connectivity index (χ1n) is 13.0. The van der Waals surface area contributed by atoms with Gasteiger partial charge in [-0.1, -0.05) is 91.7 Å². The maximum Gasteiger partial charge on any atom is 0.335 e. The number of carbonyl (C=O) groups is 1. The van der Waals surface area contributed by atoms with E-state index in [0.29, 0.717) is 23.5 Å². The second-order valence-corrected chi connectivity index (χ2v) is 9.52. The van der Waals surface area contributed by atoms with E-state index in [0.717, 1.165) is 40.8 Å². The fourth-order valence-electron chi connectivity index (χ4n) is 4.55. The lowest BCUT2D eigenvalue weighted by molar-refractivity contribution is 0.0949. The summed E-state index contributed by atoms with van der Waals surface area (Å²) in [6.07, 6.45) is 1.81. The minimum atomic E-state index is -0.317. The molecule has 1 N–H and O–H groups in total. The fourth-order valence-corrected chi connectivity index (χ4v) is 4.55. The van der Waals surface area contributed by atoms with Crippen LogP contribution < -0.4 is 11.0 Å². The average Bonchev–Trinajstić information content (AvgIpc) is 3.20. The Kier molecular flexibility index (Phi) is 7.18. The molecule has 5 aromatic rings. The van der Waals surface area contributed by atoms with Crippen LogP contribution >= 0.6 is 0 Å². The van der Waals surface area contributed by atoms with Crippen molar-refractivity contribution in [3.63, 3.8) is 0 Å². The summed E-state index contributed by atoms with van der Waals surface area (Å²) in [5.41, 5.74) is 5.24. The smallest absolute Gasteiger partial charge is 0.335 e. The number of nitrogens with one attached hydrogen (secondary N) is 1. The Morgan fingerprint density at radius 3 is 2.32 bits per heavy atom. The van der Waals surface area contributed by atoms with Crippen molar-refractivity contribution >= 4 is 17.1 Å². The van der Waals surface area contributed by atoms with Gasteiger partial charge in [0.2, 0.25) is 0 Å². The zero-order valence-electron chi connectivity index (χ0n) is 21.9. The fraction of sp³-hybridized carbons (Fsp3) is 0.226. The number of nitrogens with zero attached hydrogens (tertiary/aromatic N) is 4. The molecule has 0 aliphatic heterocycles. The molecule has 2 aromatic heterocycles. The molecule has 0 aliphatic carbocycles. The molecule has 0 radical (unpaired) electrons. The number of benzene rings is 3. The largest absolute Gasteiger partial charge is 0.351 e. The monoisotopic (exact) mass is 505 g/mol. The van der Waals surface area contributed by atoms with Crippen LogP contribution in [0.15, 0.2) is 83.7 Å². The number of imidazole rings is 1. The lowest BCUT2D eigenvalue weighted by Gasteiger charge is -2.11. The molecule has 2 heterocycles. The van der Waals surface area contributed by atoms with Gasteiger partial charge in [0.15, 0.2) is 17.2 Å². The molecule has 3 aromatic carbocycles. The summed E-state index contributed by atoms with van der Waals surface area (Å²) < 4.78 is 3.22. The lowest BCUT2D eigenvalue weighted by Crippen LogP contribution is -2.27. The van der Waals surface area contributed by atoms with E-state index in [1.807, 2.05) is 92.7 Å². The van der Waals surface area contributed by atoms with Crippen LogP contribution in [-0.2, 0) is 6.54 Å². The van der Waals surface area contributed by atoms with Crippen LogP contribution in [0.1, 0.15) is 46.9 Å². The summed E-state index contributed by atoms with van der Waals surface area (Å²) in [5, 5.41) is 3.00. The third kappa shape index (κ3) is 4.87. The molecule has 192 valence electrons. The van der Waals surface area contributed by atoms with Gasteiger partial charge in [0.25, 0.3) is 5.91 Å². The molecule has 0 bridgehead atoms. The van der Waals surface area contributed by atoms with Gasteiger partial charge < -0.3 is 5.32 Å². The highest BCUT2D eigenvalue weighted by atomic mass is 16.2. The van der Waals surface area contributed by atoms with Crippen LogP contribution in [0.5, 0.6) is 0 Å². The van der Waals surface area contributed by atoms with Crippen molar-refractivity contribution in [1.29, 1.82) is 0 Å². The van der Waals surface area contributed by atoms with E-state index in [-0.39, 0.29) is 23.8 Å². The van der Waals surface area contributed by atoms with Crippen molar-refractivity contribution < 1.29 is 4.79 Å². The number of unbranched alkanes of at least 4 members (excludes halogenated alkanes) is 1. The van der Waals surface area contributed by atoms with Gasteiger partial charge in [0.1, 0.15) is 5.52 Å². The molecule has 5 rings (SSSR count). The van der Waals surface area contributed by atoms with E-state index < -0.39 is 0 Å². The van der Waals surface area contributed by atoms with Gasteiger partial charge in [-0.05, 0) is 37.5 Å². The highest BCUT2D eigenvalue weighted by Gasteiger charge is 2.26. The highest BCUT2D eigenvalue weighted by molar-refractivity contribution is 6.03. The van der Waals surface area contributed by atoms with E-state index in [2.05, 4.69) is 12.2 Å². The number of hydrogen-bond acceptors (Lipinski definition) is 4. The van der Waals surface area contributed by atoms with Crippen molar-refractivity contribution in [2.75, 3.05) is 6.54 Å². The number of fused-ring (bicyclic) bond motifs is 1. The summed E-state index contributed by atoms with van der Waals surface area (Å²) in [6.45, 7) is 6.87. The summed E-state index contributed by atoms with van der Waals surface area (Å²) in [5.74, 6) is 0.0836. The van der Waals surface area contributed by atoms with Crippen LogP contribution in [-0.4, -0.2) is 31.6 Å². The Labute approximate surface area is 221 Å². The van der Waals surface area contributed by atoms with Crippen molar-refractivity contribution in [3.05, 3.63) is 112 Å². The van der Waals surface area contributed by atoms with Gasteiger partial charge in [0, 0.05) is 12.1 Å². The Hall–Kier alpha value is -4.52. The molecular formula is C31H31N5O2. The minimum Gasteiger partial charge on any atom is -0.351 e. The van der Waals surface area contributed by atoms with E-state index >= 15 is 0 Å². The summed E-state index contributed by atoms with van der Waals surface area (Å²) in [4.78, 5) is 37.3. The maximum absolute atomic E-state index is 14.1. The molecule has 0 saturated heterocycles. The van der Waals surface area contributed by atoms with Crippen molar-refractivity contribution in [2.45, 2.75) is 40.2 Å². The molecule has 0 atom stereocenters. The summed E-state index contributed by atoms with van der Waals surface area (Å²) in [7, 11) is 0. The van der Waals surface area contributed by atoms with Crippen LogP contribution in [0.4, 0.5) is 0 Å². The molecule has 0 aliphatic rings. The Morgan fingerprint density at radius 2 is 1.61 bits per heavy atom. The third-order valence-electron chi connectivity index (χ3n) is 6.65. The SMILES string of the molecule is CCCCNC(=O)c1nc(-c2ccc(C)cc2)nc2c1n(Cc1ccccc1)c(=O)n2-c1ccccc1C. The van der Waals surface area contributed by atoms with Gasteiger partial charge >= 0.3 is 5.69 Å². The van der Waals surface area contributed by atoms with E-state index in [9.17, 15) is 9.59 Å². The van der Waals surface area contributed by atoms with Crippen molar-refractivity contribution in [1.82, 2.24) is 24.4 Å². The number of rotatable bonds is 8. The first-order valence-corrected chi connectivity index (χ1v) is 13.0. The quantitative estimate of drug-likeness (QED) is 0.285. The van der Waals surface area contributed by atoms with Crippen molar-refractivity contribution in [2.24, 2.45) is 0 Å². The average molecular weight is 506 g/mol. The zero-order chi connectivity index (χ0) is 26.6. The molecule has 0 spiro atoms. The molecular weight excluding hydrogens is 474 g/mol. The molecule has 7 nitrogen and oxygen atoms in total. The van der Waals surface area contributed by atoms with Gasteiger partial charge in [0.05, 0.1) is 12.2 Å². The Bertz CT molecular complexity index is 1650. The number of para-hydroxylation sites is 1. The van der Waals surface area contributed by atoms with Crippen LogP contribution in [0, 0.1) is 13.8 Å². The van der Waals surface area contributed by atoms with E-state index in [1.54, 1.807) is 9.13 Å². The van der Waals surface area contributed by atoms with Crippen LogP contribution in [0.2, 0.25) is 0 Å². The van der Waals surface area contributed by atoms with Gasteiger partial charge in [-0.25, -0.2) is 19.3 Å². The van der Waals surface area contributed by atoms with Crippen LogP contribution in [0.25, 0.3) is 28.2 Å². The molecule has 38 heavy (non-hydrogen) atoms. The molecule has 0 unspecified atom stereocenters. The van der Waals surface area contributed by atoms with Gasteiger partial charge in [-0.3, -0.25) is 9.36 Å². The summed E-state index contributed by atoms with van der Waals surface area (Å²) >= 11 is 0. The number of hydrogen-bond donors (Lipinski definition) is 1. The number of aryl methyl sites for hydroxylation is 2. The topological polar surface area (TPSA) is 81.8 Å². The zero-order valence-corrected chi connectivity index (χ0v) is 21.9. The second kappa shape index (κ2) is 10.8. The first kappa shape index (κ1) is 25.1. The Morgan fingerprint density at radius 1 is 0.895 bits per heavy atom. The third-order valence-corrected chi connectivity index (χ3v) is 6.65. The standard InChI is InChI=1S/C31H31N5O2/c1-4-5-19-32-30(37)26-27-29(34-28(33-26)24-17-15-21(2)16-18-24)36(25-14-10-9-11-22(25)3)31(38)35(27)20-23-12-7-6-8-13-23/h6-18H,4-5,19-20H2,1-3H3,(H,32,37). The van der Waals surface area contributed by atoms with Crippen molar-refractivity contribution in [3.8, 4) is 17.1 Å². The highest BCUT2D eigenvalue weighted by Crippen LogP contribution is 2.26. The van der Waals surface area contributed by atoms with E-state index in [1.165, 1.54) is 0 Å². The normalized spacial score (nSPS) is 11.1. The van der Waals surface area contributed by atoms with E-state index in [4.69, 9.17) is 9.97 Å². The predicted octanol–water partition coefficient (Wildman–Crippen LogP) is 5.44. The predicted molar refractivity (Wildman–Crippen MR) is 151 cm³/mol. The number of carbonyl (C=O) groups excluding carboxylic acids is 1. The summed E-state index contributed by atoms with van der Waals surface area (Å²) in [6, 6.07) is 25.3. The number of aromatic nitrogens is 4. The number of amides is 1. The second-order valence-electron chi connectivity index (χ2n) is 9.52. The first-order chi connectivity index (χ1) is 18.5. The maximum atomic E-state index is 14.1. The van der Waals surface area contributed by atoms with Gasteiger partial charge in [-0.2, -0.15) is 0 Å². The minimum absolute atomic E-state index is 0.196. The van der Waals surface area contributed by atoms with Gasteiger partial charge in [-0.15, -0.1) is 0 Å². The lowest BCUT2D eigenvalue weighted by atomic mass is 10.1. The molecule has 7 heteroatoms. The molecule has 1 amide bonds. The molecule has 0 fully saturated rings. The van der Waals surface area contributed by atoms with Crippen LogP contribution in [0.3, 0.4) is 0 Å². The Balaban J connectivity index is 1.83.